The molecule has 0 aliphatic heterocycles. The van der Waals surface area contributed by atoms with Gasteiger partial charge in [-0.2, -0.15) is 5.10 Å². The Hall–Kier alpha value is -2.69. The number of amides is 1. The van der Waals surface area contributed by atoms with Gasteiger partial charge in [0, 0.05) is 17.4 Å². The molecule has 2 aromatic rings. The van der Waals surface area contributed by atoms with Crippen LogP contribution < -0.4 is 11.2 Å². The number of hydrazone groups is 1. The average molecular weight is 240 g/mol. The van der Waals surface area contributed by atoms with E-state index in [1.54, 1.807) is 36.5 Å². The lowest BCUT2D eigenvalue weighted by Crippen LogP contribution is -2.17. The lowest BCUT2D eigenvalue weighted by molar-refractivity contribution is 0.0955. The topological polar surface area (TPSA) is 80.4 Å². The van der Waals surface area contributed by atoms with E-state index in [1.807, 2.05) is 12.1 Å². The van der Waals surface area contributed by atoms with Gasteiger partial charge >= 0.3 is 0 Å². The summed E-state index contributed by atoms with van der Waals surface area (Å²) in [5.74, 6) is -0.290. The first kappa shape index (κ1) is 11.8. The molecule has 0 aliphatic rings. The van der Waals surface area contributed by atoms with Crippen molar-refractivity contribution in [2.24, 2.45) is 5.10 Å². The zero-order valence-corrected chi connectivity index (χ0v) is 9.58. The predicted octanol–water partition coefficient (Wildman–Crippen LogP) is 1.43. The third-order valence-electron chi connectivity index (χ3n) is 2.22. The average Bonchev–Trinajstić information content (AvgIpc) is 2.40. The fraction of sp³-hybridized carbons (Fsp3) is 0. The molecule has 2 rings (SSSR count). The molecule has 90 valence electrons. The minimum atomic E-state index is -0.290. The van der Waals surface area contributed by atoms with Crippen LogP contribution >= 0.6 is 0 Å². The third-order valence-corrected chi connectivity index (χ3v) is 2.22. The third kappa shape index (κ3) is 3.15. The van der Waals surface area contributed by atoms with Crippen LogP contribution in [0, 0.1) is 0 Å². The van der Waals surface area contributed by atoms with Crippen LogP contribution in [0.1, 0.15) is 16.1 Å². The molecule has 1 heterocycles. The number of carbonyl (C=O) groups excluding carboxylic acids is 1. The van der Waals surface area contributed by atoms with Crippen molar-refractivity contribution in [3.8, 4) is 0 Å². The molecule has 3 N–H and O–H groups in total. The van der Waals surface area contributed by atoms with Gasteiger partial charge in [-0.15, -0.1) is 0 Å². The number of benzene rings is 1. The van der Waals surface area contributed by atoms with Gasteiger partial charge in [-0.05, 0) is 36.4 Å². The van der Waals surface area contributed by atoms with E-state index in [-0.39, 0.29) is 5.91 Å². The van der Waals surface area contributed by atoms with Gasteiger partial charge in [0.1, 0.15) is 0 Å². The summed E-state index contributed by atoms with van der Waals surface area (Å²) in [6.07, 6.45) is 3.14. The van der Waals surface area contributed by atoms with E-state index in [2.05, 4.69) is 15.5 Å². The molecule has 5 nitrogen and oxygen atoms in total. The van der Waals surface area contributed by atoms with Crippen LogP contribution in [0.25, 0.3) is 0 Å². The summed E-state index contributed by atoms with van der Waals surface area (Å²) in [6, 6.07) is 12.1. The van der Waals surface area contributed by atoms with E-state index in [0.717, 1.165) is 0 Å². The van der Waals surface area contributed by atoms with E-state index < -0.39 is 0 Å². The van der Waals surface area contributed by atoms with E-state index in [1.165, 1.54) is 6.21 Å². The molecule has 0 spiro atoms. The maximum atomic E-state index is 11.7. The molecule has 0 radical (unpaired) electrons. The van der Waals surface area contributed by atoms with Crippen LogP contribution in [0.15, 0.2) is 53.8 Å². The highest BCUT2D eigenvalue weighted by Gasteiger charge is 2.02. The van der Waals surface area contributed by atoms with Crippen molar-refractivity contribution < 1.29 is 4.79 Å². The lowest BCUT2D eigenvalue weighted by Gasteiger charge is -1.99. The van der Waals surface area contributed by atoms with Gasteiger partial charge in [0.05, 0.1) is 11.9 Å². The highest BCUT2D eigenvalue weighted by molar-refractivity contribution is 5.95. The van der Waals surface area contributed by atoms with Crippen molar-refractivity contribution >= 4 is 17.8 Å². The number of nitrogen functional groups attached to an aromatic ring is 1. The van der Waals surface area contributed by atoms with Crippen LogP contribution in [0.5, 0.6) is 0 Å². The Morgan fingerprint density at radius 1 is 1.22 bits per heavy atom. The number of nitrogens with two attached hydrogens (primary N) is 1. The summed E-state index contributed by atoms with van der Waals surface area (Å²) in [5.41, 5.74) is 9.74. The number of nitrogens with one attached hydrogen (secondary N) is 1. The highest BCUT2D eigenvalue weighted by atomic mass is 16.2. The summed E-state index contributed by atoms with van der Waals surface area (Å²) in [6.45, 7) is 0. The van der Waals surface area contributed by atoms with Gasteiger partial charge in [0.2, 0.25) is 0 Å². The molecule has 18 heavy (non-hydrogen) atoms. The van der Waals surface area contributed by atoms with E-state index in [0.29, 0.717) is 16.9 Å². The molecule has 1 aromatic carbocycles. The number of rotatable bonds is 3. The van der Waals surface area contributed by atoms with Gasteiger partial charge in [-0.1, -0.05) is 6.07 Å². The first-order valence-corrected chi connectivity index (χ1v) is 5.36. The monoisotopic (exact) mass is 240 g/mol. The smallest absolute Gasteiger partial charge is 0.271 e. The summed E-state index contributed by atoms with van der Waals surface area (Å²) in [5, 5.41) is 3.82. The Bertz CT molecular complexity index is 549. The Kier molecular flexibility index (Phi) is 3.66. The Balaban J connectivity index is 1.96. The summed E-state index contributed by atoms with van der Waals surface area (Å²) in [7, 11) is 0. The number of hydrogen-bond donors (Lipinski definition) is 2. The second-order valence-corrected chi connectivity index (χ2v) is 3.58. The van der Waals surface area contributed by atoms with Crippen molar-refractivity contribution in [2.75, 3.05) is 5.73 Å². The molecule has 1 amide bonds. The Morgan fingerprint density at radius 3 is 2.67 bits per heavy atom. The second kappa shape index (κ2) is 5.58. The quantitative estimate of drug-likeness (QED) is 0.484. The van der Waals surface area contributed by atoms with Crippen LogP contribution in [0.3, 0.4) is 0 Å². The van der Waals surface area contributed by atoms with Crippen molar-refractivity contribution in [3.05, 3.63) is 59.9 Å². The van der Waals surface area contributed by atoms with Crippen LogP contribution in [-0.2, 0) is 0 Å². The first-order chi connectivity index (χ1) is 8.75. The maximum absolute atomic E-state index is 11.7. The van der Waals surface area contributed by atoms with Crippen LogP contribution in [-0.4, -0.2) is 17.1 Å². The van der Waals surface area contributed by atoms with E-state index in [9.17, 15) is 4.79 Å². The number of hydrogen-bond acceptors (Lipinski definition) is 4. The van der Waals surface area contributed by atoms with E-state index in [4.69, 9.17) is 5.73 Å². The number of nitrogens with zero attached hydrogens (tertiary/aromatic N) is 2. The minimum Gasteiger partial charge on any atom is -0.399 e. The summed E-state index contributed by atoms with van der Waals surface area (Å²) >= 11 is 0. The molecule has 0 saturated heterocycles. The molecular formula is C13H12N4O. The summed E-state index contributed by atoms with van der Waals surface area (Å²) < 4.78 is 0. The van der Waals surface area contributed by atoms with Gasteiger partial charge in [-0.25, -0.2) is 5.43 Å². The molecule has 0 saturated carbocycles. The first-order valence-electron chi connectivity index (χ1n) is 5.36. The molecular weight excluding hydrogens is 228 g/mol. The molecule has 0 unspecified atom stereocenters. The number of pyridine rings is 1. The van der Waals surface area contributed by atoms with Gasteiger partial charge in [0.25, 0.3) is 5.91 Å². The maximum Gasteiger partial charge on any atom is 0.271 e. The number of carbonyl (C=O) groups is 1. The Morgan fingerprint density at radius 2 is 2.00 bits per heavy atom. The zero-order chi connectivity index (χ0) is 12.8. The molecule has 0 atom stereocenters. The van der Waals surface area contributed by atoms with Crippen LogP contribution in [0.2, 0.25) is 0 Å². The molecule has 0 bridgehead atoms. The van der Waals surface area contributed by atoms with Gasteiger partial charge in [0.15, 0.2) is 0 Å². The SMILES string of the molecule is Nc1ccc(C(=O)N/N=C/c2ccccn2)cc1. The zero-order valence-electron chi connectivity index (χ0n) is 9.58. The van der Waals surface area contributed by atoms with Crippen molar-refractivity contribution in [3.63, 3.8) is 0 Å². The van der Waals surface area contributed by atoms with Crippen molar-refractivity contribution in [1.29, 1.82) is 0 Å². The lowest BCUT2D eigenvalue weighted by atomic mass is 10.2. The normalized spacial score (nSPS) is 10.4. The summed E-state index contributed by atoms with van der Waals surface area (Å²) in [4.78, 5) is 15.7. The van der Waals surface area contributed by atoms with E-state index >= 15 is 0 Å². The standard InChI is InChI=1S/C13H12N4O/c14-11-6-4-10(5-7-11)13(18)17-16-9-12-3-1-2-8-15-12/h1-9H,14H2,(H,17,18)/b16-9+. The van der Waals surface area contributed by atoms with Gasteiger partial charge < -0.3 is 5.73 Å². The Labute approximate surface area is 104 Å². The highest BCUT2D eigenvalue weighted by Crippen LogP contribution is 2.04. The molecule has 1 aromatic heterocycles. The molecule has 0 fully saturated rings. The number of aromatic nitrogens is 1. The second-order valence-electron chi connectivity index (χ2n) is 3.58. The predicted molar refractivity (Wildman–Crippen MR) is 70.2 cm³/mol. The minimum absolute atomic E-state index is 0.290. The number of anilines is 1. The fourth-order valence-corrected chi connectivity index (χ4v) is 1.31. The van der Waals surface area contributed by atoms with Crippen molar-refractivity contribution in [2.45, 2.75) is 0 Å². The van der Waals surface area contributed by atoms with Gasteiger partial charge in [-0.3, -0.25) is 9.78 Å². The fourth-order valence-electron chi connectivity index (χ4n) is 1.31. The largest absolute Gasteiger partial charge is 0.399 e. The van der Waals surface area contributed by atoms with Crippen LogP contribution in [0.4, 0.5) is 5.69 Å². The molecule has 5 heteroatoms. The van der Waals surface area contributed by atoms with Crippen molar-refractivity contribution in [1.82, 2.24) is 10.4 Å². The molecule has 0 aliphatic carbocycles.